The van der Waals surface area contributed by atoms with Crippen LogP contribution in [0.25, 0.3) is 11.3 Å². The second-order valence-electron chi connectivity index (χ2n) is 6.45. The van der Waals surface area contributed by atoms with Crippen LogP contribution in [0, 0.1) is 5.92 Å². The van der Waals surface area contributed by atoms with Crippen molar-refractivity contribution in [1.29, 1.82) is 0 Å². The van der Waals surface area contributed by atoms with Crippen molar-refractivity contribution in [2.24, 2.45) is 5.92 Å². The molecule has 3 aliphatic rings. The minimum Gasteiger partial charge on any atom is -0.496 e. The summed E-state index contributed by atoms with van der Waals surface area (Å²) in [5.41, 5.74) is 0.786. The molecular formula is C18H21N3O3. The zero-order chi connectivity index (χ0) is 16.5. The molecule has 3 saturated heterocycles. The highest BCUT2D eigenvalue weighted by Gasteiger charge is 2.35. The molecule has 4 heterocycles. The number of rotatable bonds is 4. The van der Waals surface area contributed by atoms with Gasteiger partial charge < -0.3 is 19.4 Å². The van der Waals surface area contributed by atoms with Gasteiger partial charge in [-0.3, -0.25) is 4.79 Å². The summed E-state index contributed by atoms with van der Waals surface area (Å²) in [6, 6.07) is 7.72. The summed E-state index contributed by atoms with van der Waals surface area (Å²) < 4.78 is 11.0. The van der Waals surface area contributed by atoms with Crippen LogP contribution < -0.4 is 10.1 Å². The van der Waals surface area contributed by atoms with Crippen molar-refractivity contribution in [1.82, 2.24) is 15.2 Å². The lowest BCUT2D eigenvalue weighted by Gasteiger charge is -2.44. The van der Waals surface area contributed by atoms with Gasteiger partial charge in [0, 0.05) is 12.6 Å². The van der Waals surface area contributed by atoms with Crippen LogP contribution in [0.2, 0.25) is 0 Å². The van der Waals surface area contributed by atoms with Crippen molar-refractivity contribution in [2.45, 2.75) is 18.9 Å². The molecule has 126 valence electrons. The third kappa shape index (κ3) is 2.78. The predicted molar refractivity (Wildman–Crippen MR) is 88.9 cm³/mol. The number of nitrogens with one attached hydrogen (secondary N) is 1. The fraction of sp³-hybridized carbons (Fsp3) is 0.444. The normalized spacial score (nSPS) is 25.5. The molecule has 0 spiro atoms. The molecule has 0 radical (unpaired) electrons. The lowest BCUT2D eigenvalue weighted by atomic mass is 9.84. The number of carbonyl (C=O) groups excluding carboxylic acids is 1. The molecule has 2 bridgehead atoms. The quantitative estimate of drug-likeness (QED) is 0.932. The molecule has 1 amide bonds. The van der Waals surface area contributed by atoms with E-state index in [1.807, 2.05) is 24.3 Å². The molecular weight excluding hydrogens is 306 g/mol. The summed E-state index contributed by atoms with van der Waals surface area (Å²) in [5, 5.41) is 3.09. The van der Waals surface area contributed by atoms with Gasteiger partial charge in [0.15, 0.2) is 5.76 Å². The first kappa shape index (κ1) is 15.2. The van der Waals surface area contributed by atoms with Gasteiger partial charge in [-0.15, -0.1) is 0 Å². The molecule has 1 unspecified atom stereocenters. The Kier molecular flexibility index (Phi) is 3.98. The summed E-state index contributed by atoms with van der Waals surface area (Å²) in [6.45, 7) is 3.22. The monoisotopic (exact) mass is 327 g/mol. The number of amides is 1. The van der Waals surface area contributed by atoms with Crippen LogP contribution in [0.5, 0.6) is 5.75 Å². The Morgan fingerprint density at radius 1 is 1.33 bits per heavy atom. The van der Waals surface area contributed by atoms with Crippen LogP contribution in [0.4, 0.5) is 0 Å². The Labute approximate surface area is 140 Å². The van der Waals surface area contributed by atoms with Crippen LogP contribution in [-0.2, 0) is 0 Å². The van der Waals surface area contributed by atoms with Crippen molar-refractivity contribution in [3.05, 3.63) is 36.4 Å². The van der Waals surface area contributed by atoms with E-state index in [9.17, 15) is 4.79 Å². The number of hydrogen-bond acceptors (Lipinski definition) is 5. The summed E-state index contributed by atoms with van der Waals surface area (Å²) in [4.78, 5) is 19.0. The van der Waals surface area contributed by atoms with E-state index < -0.39 is 0 Å². The van der Waals surface area contributed by atoms with Gasteiger partial charge in [-0.25, -0.2) is 4.98 Å². The van der Waals surface area contributed by atoms with E-state index in [0.717, 1.165) is 38.0 Å². The number of benzene rings is 1. The Hall–Kier alpha value is -2.34. The van der Waals surface area contributed by atoms with Crippen LogP contribution in [0.1, 0.15) is 23.5 Å². The number of methoxy groups -OCH3 is 1. The second-order valence-corrected chi connectivity index (χ2v) is 6.45. The Morgan fingerprint density at radius 2 is 2.12 bits per heavy atom. The highest BCUT2D eigenvalue weighted by Crippen LogP contribution is 2.30. The van der Waals surface area contributed by atoms with E-state index >= 15 is 0 Å². The molecule has 5 rings (SSSR count). The molecule has 6 nitrogen and oxygen atoms in total. The Balaban J connectivity index is 1.49. The summed E-state index contributed by atoms with van der Waals surface area (Å²) in [6.07, 6.45) is 3.88. The van der Waals surface area contributed by atoms with Crippen LogP contribution in [-0.4, -0.2) is 48.6 Å². The van der Waals surface area contributed by atoms with Gasteiger partial charge in [0.05, 0.1) is 18.9 Å². The van der Waals surface area contributed by atoms with Crippen LogP contribution in [0.3, 0.4) is 0 Å². The minimum atomic E-state index is -0.241. The number of fused-ring (bicyclic) bond motifs is 3. The number of hydrogen-bond donors (Lipinski definition) is 1. The third-order valence-electron chi connectivity index (χ3n) is 5.05. The maximum Gasteiger partial charge on any atom is 0.307 e. The predicted octanol–water partition coefficient (Wildman–Crippen LogP) is 2.17. The number of piperidine rings is 3. The van der Waals surface area contributed by atoms with Crippen molar-refractivity contribution in [3.8, 4) is 17.1 Å². The molecule has 0 saturated carbocycles. The topological polar surface area (TPSA) is 67.6 Å². The van der Waals surface area contributed by atoms with Gasteiger partial charge in [0.25, 0.3) is 5.89 Å². The summed E-state index contributed by atoms with van der Waals surface area (Å²) >= 11 is 0. The first-order valence-electron chi connectivity index (χ1n) is 8.37. The highest BCUT2D eigenvalue weighted by molar-refractivity contribution is 5.90. The average molecular weight is 327 g/mol. The summed E-state index contributed by atoms with van der Waals surface area (Å²) in [5.74, 6) is 1.66. The molecule has 24 heavy (non-hydrogen) atoms. The SMILES string of the molecule is COc1ccccc1-c1cnc(C(=O)NC2CN3CCC2CC3)o1. The number of para-hydroxylation sites is 1. The van der Waals surface area contributed by atoms with Gasteiger partial charge in [-0.1, -0.05) is 12.1 Å². The third-order valence-corrected chi connectivity index (χ3v) is 5.05. The van der Waals surface area contributed by atoms with E-state index in [2.05, 4.69) is 15.2 Å². The number of ether oxygens (including phenoxy) is 1. The van der Waals surface area contributed by atoms with Crippen LogP contribution in [0.15, 0.2) is 34.9 Å². The number of nitrogens with zero attached hydrogens (tertiary/aromatic N) is 2. The molecule has 0 aliphatic carbocycles. The number of carbonyl (C=O) groups is 1. The van der Waals surface area contributed by atoms with Crippen molar-refractivity contribution >= 4 is 5.91 Å². The maximum absolute atomic E-state index is 12.5. The van der Waals surface area contributed by atoms with Gasteiger partial charge in [-0.05, 0) is 44.0 Å². The fourth-order valence-corrected chi connectivity index (χ4v) is 3.71. The van der Waals surface area contributed by atoms with Gasteiger partial charge in [0.2, 0.25) is 0 Å². The molecule has 1 N–H and O–H groups in total. The maximum atomic E-state index is 12.5. The molecule has 1 aromatic carbocycles. The van der Waals surface area contributed by atoms with E-state index in [1.54, 1.807) is 13.3 Å². The van der Waals surface area contributed by atoms with Crippen molar-refractivity contribution < 1.29 is 13.9 Å². The fourth-order valence-electron chi connectivity index (χ4n) is 3.71. The number of oxazole rings is 1. The van der Waals surface area contributed by atoms with Gasteiger partial charge >= 0.3 is 5.91 Å². The minimum absolute atomic E-state index is 0.104. The molecule has 3 fully saturated rings. The standard InChI is InChI=1S/C18H21N3O3/c1-23-15-5-3-2-4-13(15)16-10-19-18(24-16)17(22)20-14-11-21-8-6-12(14)7-9-21/h2-5,10,12,14H,6-9,11H2,1H3,(H,20,22). The van der Waals surface area contributed by atoms with Crippen molar-refractivity contribution in [3.63, 3.8) is 0 Å². The van der Waals surface area contributed by atoms with E-state index in [-0.39, 0.29) is 17.8 Å². The summed E-state index contributed by atoms with van der Waals surface area (Å²) in [7, 11) is 1.61. The van der Waals surface area contributed by atoms with E-state index in [4.69, 9.17) is 9.15 Å². The zero-order valence-electron chi connectivity index (χ0n) is 13.7. The Bertz CT molecular complexity index is 735. The highest BCUT2D eigenvalue weighted by atomic mass is 16.5. The lowest BCUT2D eigenvalue weighted by molar-refractivity contribution is 0.0602. The largest absolute Gasteiger partial charge is 0.496 e. The first-order chi connectivity index (χ1) is 11.7. The molecule has 2 aromatic rings. The Morgan fingerprint density at radius 3 is 2.83 bits per heavy atom. The van der Waals surface area contributed by atoms with Crippen molar-refractivity contribution in [2.75, 3.05) is 26.7 Å². The van der Waals surface area contributed by atoms with Gasteiger partial charge in [-0.2, -0.15) is 0 Å². The van der Waals surface area contributed by atoms with E-state index in [1.165, 1.54) is 0 Å². The van der Waals surface area contributed by atoms with Gasteiger partial charge in [0.1, 0.15) is 5.75 Å². The second kappa shape index (κ2) is 6.28. The zero-order valence-corrected chi connectivity index (χ0v) is 13.7. The molecule has 3 aliphatic heterocycles. The first-order valence-corrected chi connectivity index (χ1v) is 8.37. The molecule has 1 aromatic heterocycles. The van der Waals surface area contributed by atoms with E-state index in [0.29, 0.717) is 17.4 Å². The average Bonchev–Trinajstić information content (AvgIpc) is 3.13. The smallest absolute Gasteiger partial charge is 0.307 e. The lowest BCUT2D eigenvalue weighted by Crippen LogP contribution is -2.57. The number of aromatic nitrogens is 1. The molecule has 1 atom stereocenters. The molecule has 6 heteroatoms. The van der Waals surface area contributed by atoms with Crippen LogP contribution >= 0.6 is 0 Å².